The number of hydrogen-bond acceptors (Lipinski definition) is 7. The van der Waals surface area contributed by atoms with Gasteiger partial charge in [0.25, 0.3) is 0 Å². The van der Waals surface area contributed by atoms with Crippen LogP contribution in [0.5, 0.6) is 0 Å². The average molecular weight is 386 g/mol. The molecule has 7 nitrogen and oxygen atoms in total. The average Bonchev–Trinajstić information content (AvgIpc) is 3.03. The Balaban J connectivity index is 1.72. The van der Waals surface area contributed by atoms with Gasteiger partial charge in [-0.2, -0.15) is 0 Å². The lowest BCUT2D eigenvalue weighted by atomic mass is 9.96. The summed E-state index contributed by atoms with van der Waals surface area (Å²) in [6, 6.07) is -0.215. The second-order valence-corrected chi connectivity index (χ2v) is 8.78. The molecule has 1 aliphatic rings. The fourth-order valence-corrected chi connectivity index (χ4v) is 4.51. The van der Waals surface area contributed by atoms with Gasteiger partial charge in [-0.05, 0) is 26.2 Å². The van der Waals surface area contributed by atoms with Gasteiger partial charge in [-0.15, -0.1) is 10.2 Å². The molecule has 2 rings (SSSR count). The van der Waals surface area contributed by atoms with Crippen LogP contribution >= 0.6 is 23.1 Å². The van der Waals surface area contributed by atoms with E-state index in [1.165, 1.54) is 29.5 Å². The maximum atomic E-state index is 12.2. The summed E-state index contributed by atoms with van der Waals surface area (Å²) < 4.78 is 0.717. The molecular formula is C16H27N5O2S2. The molecule has 25 heavy (non-hydrogen) atoms. The van der Waals surface area contributed by atoms with Crippen LogP contribution in [0.15, 0.2) is 4.34 Å². The van der Waals surface area contributed by atoms with E-state index in [-0.39, 0.29) is 11.9 Å². The predicted octanol–water partition coefficient (Wildman–Crippen LogP) is 3.39. The minimum Gasteiger partial charge on any atom is -0.360 e. The van der Waals surface area contributed by atoms with Gasteiger partial charge in [0.2, 0.25) is 11.0 Å². The molecule has 3 N–H and O–H groups in total. The molecule has 1 aromatic rings. The molecule has 1 aromatic heterocycles. The predicted molar refractivity (Wildman–Crippen MR) is 102 cm³/mol. The van der Waals surface area contributed by atoms with Crippen molar-refractivity contribution in [2.45, 2.75) is 74.4 Å². The van der Waals surface area contributed by atoms with E-state index >= 15 is 0 Å². The third-order valence-electron chi connectivity index (χ3n) is 4.04. The lowest BCUT2D eigenvalue weighted by Gasteiger charge is -2.22. The van der Waals surface area contributed by atoms with E-state index < -0.39 is 11.3 Å². The van der Waals surface area contributed by atoms with Gasteiger partial charge in [0.1, 0.15) is 0 Å². The van der Waals surface area contributed by atoms with E-state index in [1.54, 1.807) is 6.92 Å². The van der Waals surface area contributed by atoms with Gasteiger partial charge in [-0.25, -0.2) is 4.79 Å². The number of nitrogens with one attached hydrogen (secondary N) is 3. The van der Waals surface area contributed by atoms with E-state index in [4.69, 9.17) is 0 Å². The van der Waals surface area contributed by atoms with Gasteiger partial charge in [-0.1, -0.05) is 55.7 Å². The lowest BCUT2D eigenvalue weighted by Crippen LogP contribution is -2.47. The topological polar surface area (TPSA) is 96.0 Å². The summed E-state index contributed by atoms with van der Waals surface area (Å²) in [6.45, 7) is 4.76. The first-order chi connectivity index (χ1) is 12.1. The van der Waals surface area contributed by atoms with Crippen molar-refractivity contribution in [2.24, 2.45) is 0 Å². The Morgan fingerprint density at radius 2 is 2.04 bits per heavy atom. The number of thioether (sulfide) groups is 1. The zero-order valence-corrected chi connectivity index (χ0v) is 16.5. The molecule has 1 unspecified atom stereocenters. The van der Waals surface area contributed by atoms with Crippen molar-refractivity contribution in [3.05, 3.63) is 0 Å². The van der Waals surface area contributed by atoms with Crippen molar-refractivity contribution in [3.8, 4) is 0 Å². The van der Waals surface area contributed by atoms with Crippen LogP contribution in [0.2, 0.25) is 0 Å². The van der Waals surface area contributed by atoms with Crippen LogP contribution in [0, 0.1) is 0 Å². The Bertz CT molecular complexity index is 560. The number of anilines is 1. The molecule has 0 aromatic carbocycles. The van der Waals surface area contributed by atoms with Crippen LogP contribution < -0.4 is 16.0 Å². The molecule has 1 heterocycles. The Morgan fingerprint density at radius 3 is 2.76 bits per heavy atom. The Morgan fingerprint density at radius 1 is 1.28 bits per heavy atom. The van der Waals surface area contributed by atoms with Gasteiger partial charge >= 0.3 is 6.03 Å². The number of urea groups is 1. The highest BCUT2D eigenvalue weighted by Crippen LogP contribution is 2.28. The maximum Gasteiger partial charge on any atom is 0.321 e. The van der Waals surface area contributed by atoms with E-state index in [0.29, 0.717) is 4.34 Å². The normalized spacial score (nSPS) is 16.2. The standard InChI is InChI=1S/C16H27N5O2S2/c1-3-4-10-17-15-20-21-16(25-15)24-11(2)13(22)19-14(23)18-12-8-6-5-7-9-12/h11-12H,3-10H2,1-2H3,(H,17,20)(H2,18,19,22,23). The molecule has 3 amide bonds. The molecule has 1 atom stereocenters. The van der Waals surface area contributed by atoms with Crippen molar-refractivity contribution in [1.82, 2.24) is 20.8 Å². The second kappa shape index (κ2) is 10.6. The SMILES string of the molecule is CCCCNc1nnc(SC(C)C(=O)NC(=O)NC2CCCCC2)s1. The Kier molecular flexibility index (Phi) is 8.47. The highest BCUT2D eigenvalue weighted by atomic mass is 32.2. The fraction of sp³-hybridized carbons (Fsp3) is 0.750. The van der Waals surface area contributed by atoms with Crippen LogP contribution in [0.3, 0.4) is 0 Å². The van der Waals surface area contributed by atoms with Crippen LogP contribution in [0.4, 0.5) is 9.93 Å². The summed E-state index contributed by atoms with van der Waals surface area (Å²) in [5.41, 5.74) is 0. The third-order valence-corrected chi connectivity index (χ3v) is 6.10. The first-order valence-corrected chi connectivity index (χ1v) is 10.6. The van der Waals surface area contributed by atoms with Crippen molar-refractivity contribution >= 4 is 40.2 Å². The minimum absolute atomic E-state index is 0.185. The van der Waals surface area contributed by atoms with Gasteiger partial charge < -0.3 is 10.6 Å². The number of nitrogens with zero attached hydrogens (tertiary/aromatic N) is 2. The zero-order valence-electron chi connectivity index (χ0n) is 14.8. The van der Waals surface area contributed by atoms with Crippen molar-refractivity contribution < 1.29 is 9.59 Å². The summed E-state index contributed by atoms with van der Waals surface area (Å²) in [5.74, 6) is -0.311. The first kappa shape index (κ1) is 20.0. The van der Waals surface area contributed by atoms with Crippen LogP contribution in [-0.2, 0) is 4.79 Å². The zero-order chi connectivity index (χ0) is 18.1. The van der Waals surface area contributed by atoms with E-state index in [1.807, 2.05) is 0 Å². The highest BCUT2D eigenvalue weighted by Gasteiger charge is 2.21. The number of rotatable bonds is 8. The first-order valence-electron chi connectivity index (χ1n) is 8.94. The van der Waals surface area contributed by atoms with Gasteiger partial charge in [0.15, 0.2) is 4.34 Å². The van der Waals surface area contributed by atoms with Crippen LogP contribution in [-0.4, -0.2) is 40.0 Å². The van der Waals surface area contributed by atoms with Crippen molar-refractivity contribution in [1.29, 1.82) is 0 Å². The summed E-state index contributed by atoms with van der Waals surface area (Å²) >= 11 is 2.74. The summed E-state index contributed by atoms with van der Waals surface area (Å²) in [4.78, 5) is 24.1. The molecule has 0 spiro atoms. The molecule has 1 aliphatic carbocycles. The number of carbonyl (C=O) groups excluding carboxylic acids is 2. The monoisotopic (exact) mass is 385 g/mol. The van der Waals surface area contributed by atoms with E-state index in [9.17, 15) is 9.59 Å². The molecule has 140 valence electrons. The van der Waals surface area contributed by atoms with Crippen molar-refractivity contribution in [3.63, 3.8) is 0 Å². The molecule has 1 saturated carbocycles. The third kappa shape index (κ3) is 7.19. The minimum atomic E-state index is -0.409. The van der Waals surface area contributed by atoms with Crippen LogP contribution in [0.1, 0.15) is 58.8 Å². The van der Waals surface area contributed by atoms with Crippen LogP contribution in [0.25, 0.3) is 0 Å². The van der Waals surface area contributed by atoms with Crippen molar-refractivity contribution in [2.75, 3.05) is 11.9 Å². The number of amides is 3. The summed E-state index contributed by atoms with van der Waals surface area (Å²) in [7, 11) is 0. The number of unbranched alkanes of at least 4 members (excludes halogenated alkanes) is 1. The highest BCUT2D eigenvalue weighted by molar-refractivity contribution is 8.02. The number of carbonyl (C=O) groups is 2. The number of hydrogen-bond donors (Lipinski definition) is 3. The smallest absolute Gasteiger partial charge is 0.321 e. The van der Waals surface area contributed by atoms with E-state index in [2.05, 4.69) is 33.1 Å². The van der Waals surface area contributed by atoms with Gasteiger partial charge in [0, 0.05) is 12.6 Å². The van der Waals surface area contributed by atoms with Gasteiger partial charge in [-0.3, -0.25) is 10.1 Å². The molecular weight excluding hydrogens is 358 g/mol. The molecule has 0 radical (unpaired) electrons. The molecule has 9 heteroatoms. The molecule has 0 saturated heterocycles. The Labute approximate surface area is 157 Å². The number of imide groups is 1. The fourth-order valence-electron chi connectivity index (χ4n) is 2.59. The largest absolute Gasteiger partial charge is 0.360 e. The Hall–Kier alpha value is -1.35. The molecule has 0 bridgehead atoms. The molecule has 0 aliphatic heterocycles. The quantitative estimate of drug-likeness (QED) is 0.469. The van der Waals surface area contributed by atoms with E-state index in [0.717, 1.165) is 50.2 Å². The summed E-state index contributed by atoms with van der Waals surface area (Å²) in [6.07, 6.45) is 7.68. The number of aromatic nitrogens is 2. The lowest BCUT2D eigenvalue weighted by molar-refractivity contribution is -0.119. The molecule has 1 fully saturated rings. The maximum absolute atomic E-state index is 12.2. The second-order valence-electron chi connectivity index (χ2n) is 6.21. The summed E-state index contributed by atoms with van der Waals surface area (Å²) in [5, 5.41) is 17.0. The van der Waals surface area contributed by atoms with Gasteiger partial charge in [0.05, 0.1) is 5.25 Å².